The lowest BCUT2D eigenvalue weighted by atomic mass is 9.94. The van der Waals surface area contributed by atoms with Crippen LogP contribution in [0.5, 0.6) is 0 Å². The Labute approximate surface area is 214 Å². The van der Waals surface area contributed by atoms with Crippen molar-refractivity contribution in [3.63, 3.8) is 0 Å². The molecule has 1 saturated carbocycles. The molecule has 1 aliphatic carbocycles. The number of halogens is 2. The lowest BCUT2D eigenvalue weighted by Crippen LogP contribution is -2.40. The van der Waals surface area contributed by atoms with Crippen LogP contribution in [0.15, 0.2) is 36.4 Å². The number of imidazole rings is 1. The van der Waals surface area contributed by atoms with Gasteiger partial charge in [-0.15, -0.1) is 5.10 Å². The number of aromatic nitrogens is 5. The van der Waals surface area contributed by atoms with E-state index in [1.165, 1.54) is 12.5 Å². The van der Waals surface area contributed by atoms with Gasteiger partial charge in [0.1, 0.15) is 5.82 Å². The van der Waals surface area contributed by atoms with Gasteiger partial charge in [0.2, 0.25) is 5.91 Å². The van der Waals surface area contributed by atoms with Crippen LogP contribution < -0.4 is 4.90 Å². The van der Waals surface area contributed by atoms with Gasteiger partial charge in [-0.25, -0.2) is 18.4 Å². The number of amides is 1. The monoisotopic (exact) mass is 504 g/mol. The third-order valence-corrected chi connectivity index (χ3v) is 7.85. The molecule has 0 spiro atoms. The summed E-state index contributed by atoms with van der Waals surface area (Å²) in [6.45, 7) is 1.94. The van der Waals surface area contributed by atoms with Crippen LogP contribution in [0.1, 0.15) is 75.0 Å². The van der Waals surface area contributed by atoms with E-state index in [0.29, 0.717) is 18.5 Å². The van der Waals surface area contributed by atoms with E-state index in [0.717, 1.165) is 78.0 Å². The molecule has 1 amide bonds. The van der Waals surface area contributed by atoms with Crippen LogP contribution >= 0.6 is 0 Å². The van der Waals surface area contributed by atoms with Crippen molar-refractivity contribution in [3.8, 4) is 11.3 Å². The predicted molar refractivity (Wildman–Crippen MR) is 137 cm³/mol. The van der Waals surface area contributed by atoms with Crippen LogP contribution in [0.3, 0.4) is 0 Å². The summed E-state index contributed by atoms with van der Waals surface area (Å²) in [5, 5.41) is 8.34. The van der Waals surface area contributed by atoms with Gasteiger partial charge in [-0.2, -0.15) is 0 Å². The number of anilines is 1. The van der Waals surface area contributed by atoms with Crippen molar-refractivity contribution in [1.82, 2.24) is 24.5 Å². The van der Waals surface area contributed by atoms with Gasteiger partial charge in [-0.3, -0.25) is 4.79 Å². The molecule has 9 heteroatoms. The zero-order valence-electron chi connectivity index (χ0n) is 21.1. The first kappa shape index (κ1) is 23.8. The number of piperidine rings is 1. The van der Waals surface area contributed by atoms with Crippen molar-refractivity contribution in [2.45, 2.75) is 70.4 Å². The Bertz CT molecular complexity index is 1470. The highest BCUT2D eigenvalue weighted by molar-refractivity contribution is 5.95. The molecule has 0 radical (unpaired) electrons. The summed E-state index contributed by atoms with van der Waals surface area (Å²) < 4.78 is 32.0. The fraction of sp³-hybridized carbons (Fsp3) is 0.429. The maximum absolute atomic E-state index is 14.2. The van der Waals surface area contributed by atoms with E-state index in [9.17, 15) is 13.6 Å². The fourth-order valence-corrected chi connectivity index (χ4v) is 6.15. The molecule has 192 valence electrons. The molecule has 3 heterocycles. The third kappa shape index (κ3) is 4.10. The Hall–Kier alpha value is -3.62. The van der Waals surface area contributed by atoms with Crippen molar-refractivity contribution < 1.29 is 13.6 Å². The van der Waals surface area contributed by atoms with Gasteiger partial charge >= 0.3 is 0 Å². The van der Waals surface area contributed by atoms with E-state index >= 15 is 0 Å². The van der Waals surface area contributed by atoms with Crippen LogP contribution in [0.4, 0.5) is 14.5 Å². The molecule has 7 nitrogen and oxygen atoms in total. The maximum Gasteiger partial charge on any atom is 0.227 e. The molecule has 1 atom stereocenters. The molecule has 1 saturated heterocycles. The molecule has 0 unspecified atom stereocenters. The van der Waals surface area contributed by atoms with Gasteiger partial charge in [0.05, 0.1) is 28.5 Å². The second-order valence-electron chi connectivity index (χ2n) is 10.3. The maximum atomic E-state index is 14.2. The zero-order valence-corrected chi connectivity index (χ0v) is 21.1. The molecule has 4 aromatic rings. The molecule has 0 bridgehead atoms. The molecular weight excluding hydrogens is 474 g/mol. The number of aryl methyl sites for hydroxylation is 2. The number of hydrogen-bond acceptors (Lipinski definition) is 4. The number of fused-ring (bicyclic) bond motifs is 1. The van der Waals surface area contributed by atoms with E-state index in [-0.39, 0.29) is 18.0 Å². The first-order valence-corrected chi connectivity index (χ1v) is 13.1. The highest BCUT2D eigenvalue weighted by atomic mass is 19.2. The fourth-order valence-electron chi connectivity index (χ4n) is 6.15. The number of hydrogen-bond donors (Lipinski definition) is 0. The van der Waals surface area contributed by atoms with Crippen LogP contribution in [0.2, 0.25) is 0 Å². The summed E-state index contributed by atoms with van der Waals surface area (Å²) in [5.74, 6) is -1.16. The highest BCUT2D eigenvalue weighted by Gasteiger charge is 2.36. The summed E-state index contributed by atoms with van der Waals surface area (Å²) in [6, 6.07) is 9.87. The van der Waals surface area contributed by atoms with Gasteiger partial charge < -0.3 is 9.47 Å². The van der Waals surface area contributed by atoms with E-state index in [1.54, 1.807) is 9.58 Å². The zero-order chi connectivity index (χ0) is 25.7. The number of carbonyl (C=O) groups is 1. The molecule has 37 heavy (non-hydrogen) atoms. The Kier molecular flexibility index (Phi) is 6.01. The van der Waals surface area contributed by atoms with Gasteiger partial charge in [-0.1, -0.05) is 30.5 Å². The van der Waals surface area contributed by atoms with Crippen molar-refractivity contribution in [3.05, 3.63) is 59.6 Å². The average molecular weight is 505 g/mol. The summed E-state index contributed by atoms with van der Waals surface area (Å²) in [5.41, 5.74) is 5.01. The van der Waals surface area contributed by atoms with E-state index in [2.05, 4.69) is 33.1 Å². The number of carbonyl (C=O) groups excluding carboxylic acids is 1. The highest BCUT2D eigenvalue weighted by Crippen LogP contribution is 2.41. The van der Waals surface area contributed by atoms with Gasteiger partial charge in [0.15, 0.2) is 11.6 Å². The molecule has 2 aliphatic rings. The SMILES string of the molecule is Cc1nnn(C)c1-c1ccc2c(c1)nc([C@@H]1CCCC(=O)N1c1ccc(F)c(F)c1)n2C1CCCCC1. The Morgan fingerprint density at radius 1 is 0.946 bits per heavy atom. The summed E-state index contributed by atoms with van der Waals surface area (Å²) in [6.07, 6.45) is 7.43. The lowest BCUT2D eigenvalue weighted by Gasteiger charge is -2.37. The smallest absolute Gasteiger partial charge is 0.227 e. The summed E-state index contributed by atoms with van der Waals surface area (Å²) >= 11 is 0. The standard InChI is InChI=1S/C28H30F2N6O/c1-17-27(34(2)33-32-17)18-11-14-24-23(15-18)31-28(36(24)19-7-4-3-5-8-19)25-9-6-10-26(37)35(25)20-12-13-21(29)22(30)16-20/h11-16,19,25H,3-10H2,1-2H3/t25-/m0/s1. The van der Waals surface area contributed by atoms with Crippen LogP contribution in [0.25, 0.3) is 22.3 Å². The molecule has 2 aromatic heterocycles. The molecule has 1 aliphatic heterocycles. The topological polar surface area (TPSA) is 68.8 Å². The lowest BCUT2D eigenvalue weighted by molar-refractivity contribution is -0.120. The first-order valence-electron chi connectivity index (χ1n) is 13.1. The van der Waals surface area contributed by atoms with Gasteiger partial charge in [0, 0.05) is 36.8 Å². The second kappa shape index (κ2) is 9.36. The number of rotatable bonds is 4. The van der Waals surface area contributed by atoms with Crippen molar-refractivity contribution in [2.75, 3.05) is 4.90 Å². The normalized spacial score (nSPS) is 19.2. The molecule has 2 aromatic carbocycles. The predicted octanol–water partition coefficient (Wildman–Crippen LogP) is 6.18. The third-order valence-electron chi connectivity index (χ3n) is 7.85. The largest absolute Gasteiger partial charge is 0.323 e. The van der Waals surface area contributed by atoms with Crippen molar-refractivity contribution in [2.24, 2.45) is 7.05 Å². The number of nitrogens with zero attached hydrogens (tertiary/aromatic N) is 6. The second-order valence-corrected chi connectivity index (χ2v) is 10.3. The average Bonchev–Trinajstić information content (AvgIpc) is 3.44. The molecule has 0 N–H and O–H groups in total. The van der Waals surface area contributed by atoms with Gasteiger partial charge in [-0.05, 0) is 56.9 Å². The minimum atomic E-state index is -0.958. The quantitative estimate of drug-likeness (QED) is 0.333. The Morgan fingerprint density at radius 2 is 1.76 bits per heavy atom. The Balaban J connectivity index is 1.52. The molecular formula is C28H30F2N6O. The van der Waals surface area contributed by atoms with Crippen LogP contribution in [-0.2, 0) is 11.8 Å². The Morgan fingerprint density at radius 3 is 2.49 bits per heavy atom. The van der Waals surface area contributed by atoms with E-state index in [1.807, 2.05) is 14.0 Å². The van der Waals surface area contributed by atoms with Crippen molar-refractivity contribution in [1.29, 1.82) is 0 Å². The van der Waals surface area contributed by atoms with Crippen molar-refractivity contribution >= 4 is 22.6 Å². The van der Waals surface area contributed by atoms with Crippen LogP contribution in [0, 0.1) is 18.6 Å². The van der Waals surface area contributed by atoms with E-state index < -0.39 is 11.6 Å². The minimum Gasteiger partial charge on any atom is -0.323 e. The molecule has 2 fully saturated rings. The van der Waals surface area contributed by atoms with E-state index in [4.69, 9.17) is 4.98 Å². The molecule has 6 rings (SSSR count). The summed E-state index contributed by atoms with van der Waals surface area (Å²) in [4.78, 5) is 20.0. The van der Waals surface area contributed by atoms with Gasteiger partial charge in [0.25, 0.3) is 0 Å². The minimum absolute atomic E-state index is 0.0956. The van der Waals surface area contributed by atoms with Crippen LogP contribution in [-0.4, -0.2) is 30.5 Å². The first-order chi connectivity index (χ1) is 17.9. The summed E-state index contributed by atoms with van der Waals surface area (Å²) in [7, 11) is 1.87. The number of benzene rings is 2.